The summed E-state index contributed by atoms with van der Waals surface area (Å²) in [4.78, 5) is 16.6. The number of carbonyl (C=O) groups is 1. The van der Waals surface area contributed by atoms with E-state index < -0.39 is 0 Å². The van der Waals surface area contributed by atoms with Gasteiger partial charge < -0.3 is 0 Å². The number of nitrogens with one attached hydrogen (secondary N) is 1. The summed E-state index contributed by atoms with van der Waals surface area (Å²) >= 11 is 13.6. The van der Waals surface area contributed by atoms with E-state index in [9.17, 15) is 4.79 Å². The molecule has 2 aromatic carbocycles. The van der Waals surface area contributed by atoms with Crippen molar-refractivity contribution in [3.8, 4) is 11.3 Å². The average molecular weight is 403 g/mol. The van der Waals surface area contributed by atoms with Crippen molar-refractivity contribution in [2.45, 2.75) is 13.8 Å². The number of aromatic nitrogens is 1. The summed E-state index contributed by atoms with van der Waals surface area (Å²) < 4.78 is 0. The van der Waals surface area contributed by atoms with E-state index in [1.54, 1.807) is 24.3 Å². The maximum atomic E-state index is 12.1. The maximum absolute atomic E-state index is 12.1. The number of aryl methyl sites for hydroxylation is 2. The molecule has 1 heterocycles. The predicted molar refractivity (Wildman–Crippen MR) is 111 cm³/mol. The van der Waals surface area contributed by atoms with Crippen molar-refractivity contribution in [2.24, 2.45) is 0 Å². The molecule has 132 valence electrons. The van der Waals surface area contributed by atoms with Gasteiger partial charge in [0.15, 0.2) is 5.13 Å². The summed E-state index contributed by atoms with van der Waals surface area (Å²) in [6.45, 7) is 4.11. The maximum Gasteiger partial charge on any atom is 0.250 e. The second-order valence-corrected chi connectivity index (χ2v) is 7.49. The fraction of sp³-hybridized carbons (Fsp3) is 0.100. The molecule has 3 aromatic rings. The third-order valence-corrected chi connectivity index (χ3v) is 5.21. The van der Waals surface area contributed by atoms with Gasteiger partial charge in [-0.2, -0.15) is 0 Å². The lowest BCUT2D eigenvalue weighted by molar-refractivity contribution is -0.111. The predicted octanol–water partition coefficient (Wildman–Crippen LogP) is 6.39. The first-order valence-corrected chi connectivity index (χ1v) is 9.54. The largest absolute Gasteiger partial charge is 0.298 e. The van der Waals surface area contributed by atoms with Crippen LogP contribution in [-0.2, 0) is 4.79 Å². The lowest BCUT2D eigenvalue weighted by atomic mass is 10.0. The smallest absolute Gasteiger partial charge is 0.250 e. The van der Waals surface area contributed by atoms with Crippen molar-refractivity contribution in [3.05, 3.63) is 74.6 Å². The number of rotatable bonds is 4. The highest BCUT2D eigenvalue weighted by Gasteiger charge is 2.09. The van der Waals surface area contributed by atoms with Gasteiger partial charge in [-0.15, -0.1) is 11.3 Å². The Morgan fingerprint density at radius 1 is 1.15 bits per heavy atom. The zero-order chi connectivity index (χ0) is 18.7. The minimum absolute atomic E-state index is 0.289. The van der Waals surface area contributed by atoms with E-state index in [1.165, 1.54) is 23.0 Å². The number of carbonyl (C=O) groups excluding carboxylic acids is 1. The molecule has 3 rings (SSSR count). The molecule has 6 heteroatoms. The fourth-order valence-corrected chi connectivity index (χ4v) is 3.77. The number of halogens is 2. The van der Waals surface area contributed by atoms with E-state index in [-0.39, 0.29) is 5.91 Å². The Bertz CT molecular complexity index is 975. The molecule has 0 unspecified atom stereocenters. The number of amides is 1. The van der Waals surface area contributed by atoms with Crippen LogP contribution in [0.1, 0.15) is 16.7 Å². The van der Waals surface area contributed by atoms with Crippen LogP contribution in [0, 0.1) is 13.8 Å². The second-order valence-electron chi connectivity index (χ2n) is 5.81. The summed E-state index contributed by atoms with van der Waals surface area (Å²) in [5, 5.41) is 6.23. The molecule has 0 aliphatic rings. The number of nitrogens with zero attached hydrogens (tertiary/aromatic N) is 1. The zero-order valence-electron chi connectivity index (χ0n) is 14.2. The van der Waals surface area contributed by atoms with Crippen LogP contribution < -0.4 is 5.32 Å². The Labute approximate surface area is 166 Å². The number of benzene rings is 2. The molecule has 0 atom stereocenters. The van der Waals surface area contributed by atoms with E-state index in [0.717, 1.165) is 16.8 Å². The number of hydrogen-bond donors (Lipinski definition) is 1. The third kappa shape index (κ3) is 4.33. The van der Waals surface area contributed by atoms with Gasteiger partial charge in [0.2, 0.25) is 5.91 Å². The summed E-state index contributed by atoms with van der Waals surface area (Å²) in [5.41, 5.74) is 4.88. The molecule has 3 nitrogen and oxygen atoms in total. The SMILES string of the molecule is Cc1ccc(-c2csc(NC(=O)C=Cc3c(Cl)cccc3Cl)n2)c(C)c1. The summed E-state index contributed by atoms with van der Waals surface area (Å²) in [6, 6.07) is 11.4. The molecule has 26 heavy (non-hydrogen) atoms. The van der Waals surface area contributed by atoms with E-state index in [0.29, 0.717) is 20.7 Å². The first kappa shape index (κ1) is 18.6. The van der Waals surface area contributed by atoms with Crippen LogP contribution in [0.4, 0.5) is 5.13 Å². The van der Waals surface area contributed by atoms with Crippen molar-refractivity contribution in [1.29, 1.82) is 0 Å². The lowest BCUT2D eigenvalue weighted by Gasteiger charge is -2.03. The second kappa shape index (κ2) is 8.04. The van der Waals surface area contributed by atoms with E-state index in [2.05, 4.69) is 36.3 Å². The van der Waals surface area contributed by atoms with Gasteiger partial charge in [-0.05, 0) is 37.6 Å². The molecule has 0 radical (unpaired) electrons. The van der Waals surface area contributed by atoms with Gasteiger partial charge in [0, 0.05) is 32.6 Å². The fourth-order valence-electron chi connectivity index (χ4n) is 2.53. The van der Waals surface area contributed by atoms with Gasteiger partial charge >= 0.3 is 0 Å². The highest BCUT2D eigenvalue weighted by atomic mass is 35.5. The highest BCUT2D eigenvalue weighted by Crippen LogP contribution is 2.28. The summed E-state index contributed by atoms with van der Waals surface area (Å²) in [7, 11) is 0. The molecule has 1 amide bonds. The average Bonchev–Trinajstić information content (AvgIpc) is 3.02. The zero-order valence-corrected chi connectivity index (χ0v) is 16.5. The van der Waals surface area contributed by atoms with Crippen LogP contribution in [0.25, 0.3) is 17.3 Å². The molecule has 0 aliphatic heterocycles. The third-order valence-electron chi connectivity index (χ3n) is 3.79. The van der Waals surface area contributed by atoms with Crippen LogP contribution in [0.3, 0.4) is 0 Å². The van der Waals surface area contributed by atoms with E-state index in [4.69, 9.17) is 23.2 Å². The van der Waals surface area contributed by atoms with Gasteiger partial charge in [-0.3, -0.25) is 10.1 Å². The van der Waals surface area contributed by atoms with Crippen LogP contribution >= 0.6 is 34.5 Å². The molecule has 0 saturated heterocycles. The molecule has 1 N–H and O–H groups in total. The summed E-state index contributed by atoms with van der Waals surface area (Å²) in [5.74, 6) is -0.289. The topological polar surface area (TPSA) is 42.0 Å². The quantitative estimate of drug-likeness (QED) is 0.513. The molecule has 0 saturated carbocycles. The van der Waals surface area contributed by atoms with Crippen LogP contribution in [0.5, 0.6) is 0 Å². The Hall–Kier alpha value is -2.14. The van der Waals surface area contributed by atoms with Gasteiger partial charge in [0.1, 0.15) is 0 Å². The molecule has 0 bridgehead atoms. The Morgan fingerprint density at radius 3 is 2.58 bits per heavy atom. The molecule has 1 aromatic heterocycles. The first-order chi connectivity index (χ1) is 12.4. The van der Waals surface area contributed by atoms with Crippen LogP contribution in [0.2, 0.25) is 10.0 Å². The Kier molecular flexibility index (Phi) is 5.77. The summed E-state index contributed by atoms with van der Waals surface area (Å²) in [6.07, 6.45) is 2.99. The minimum atomic E-state index is -0.289. The number of thiazole rings is 1. The van der Waals surface area contributed by atoms with E-state index >= 15 is 0 Å². The highest BCUT2D eigenvalue weighted by molar-refractivity contribution is 7.14. The normalized spacial score (nSPS) is 11.1. The lowest BCUT2D eigenvalue weighted by Crippen LogP contribution is -2.07. The standard InChI is InChI=1S/C20H16Cl2N2OS/c1-12-6-7-14(13(2)10-12)18-11-26-20(23-18)24-19(25)9-8-15-16(21)4-3-5-17(15)22/h3-11H,1-2H3,(H,23,24,25). The molecule has 0 spiro atoms. The Morgan fingerprint density at radius 2 is 1.88 bits per heavy atom. The van der Waals surface area contributed by atoms with Crippen LogP contribution in [-0.4, -0.2) is 10.9 Å². The minimum Gasteiger partial charge on any atom is -0.298 e. The number of hydrogen-bond acceptors (Lipinski definition) is 3. The van der Waals surface area contributed by atoms with Gasteiger partial charge in [-0.1, -0.05) is 53.0 Å². The number of anilines is 1. The molecule has 0 aliphatic carbocycles. The van der Waals surface area contributed by atoms with Crippen molar-refractivity contribution >= 4 is 51.7 Å². The van der Waals surface area contributed by atoms with Crippen LogP contribution in [0.15, 0.2) is 47.9 Å². The van der Waals surface area contributed by atoms with Gasteiger partial charge in [-0.25, -0.2) is 4.98 Å². The molecule has 0 fully saturated rings. The van der Waals surface area contributed by atoms with Crippen molar-refractivity contribution in [3.63, 3.8) is 0 Å². The van der Waals surface area contributed by atoms with Gasteiger partial charge in [0.25, 0.3) is 0 Å². The van der Waals surface area contributed by atoms with Crippen molar-refractivity contribution in [2.75, 3.05) is 5.32 Å². The molecular weight excluding hydrogens is 387 g/mol. The van der Waals surface area contributed by atoms with E-state index in [1.807, 2.05) is 11.4 Å². The van der Waals surface area contributed by atoms with Crippen molar-refractivity contribution in [1.82, 2.24) is 4.98 Å². The Balaban J connectivity index is 1.73. The molecular formula is C20H16Cl2N2OS. The van der Waals surface area contributed by atoms with Crippen molar-refractivity contribution < 1.29 is 4.79 Å². The first-order valence-electron chi connectivity index (χ1n) is 7.90. The van der Waals surface area contributed by atoms with Gasteiger partial charge in [0.05, 0.1) is 5.69 Å². The monoisotopic (exact) mass is 402 g/mol.